The van der Waals surface area contributed by atoms with Crippen molar-refractivity contribution in [1.82, 2.24) is 4.98 Å². The number of benzene rings is 2. The van der Waals surface area contributed by atoms with Gasteiger partial charge >= 0.3 is 0 Å². The van der Waals surface area contributed by atoms with Crippen molar-refractivity contribution >= 4 is 34.6 Å². The third-order valence-electron chi connectivity index (χ3n) is 4.38. The van der Waals surface area contributed by atoms with Crippen molar-refractivity contribution in [2.45, 2.75) is 20.8 Å². The SMILES string of the molecule is CCN(c1cccc(C)c1)c1ccnc(C(=O)Nc2ccc(NC(C)=O)cc2)c1. The molecule has 0 atom stereocenters. The first-order valence-corrected chi connectivity index (χ1v) is 9.45. The van der Waals surface area contributed by atoms with Crippen molar-refractivity contribution in [3.05, 3.63) is 78.1 Å². The first kappa shape index (κ1) is 20.1. The number of pyridine rings is 1. The summed E-state index contributed by atoms with van der Waals surface area (Å²) in [6.45, 7) is 6.34. The quantitative estimate of drug-likeness (QED) is 0.638. The molecule has 0 saturated carbocycles. The molecule has 0 aliphatic heterocycles. The normalized spacial score (nSPS) is 10.3. The summed E-state index contributed by atoms with van der Waals surface area (Å²) in [6.07, 6.45) is 1.64. The standard InChI is InChI=1S/C23H24N4O2/c1-4-27(20-7-5-6-16(2)14-20)21-12-13-24-22(15-21)23(29)26-19-10-8-18(9-11-19)25-17(3)28/h5-15H,4H2,1-3H3,(H,25,28)(H,26,29). The van der Waals surface area contributed by atoms with Gasteiger partial charge in [-0.2, -0.15) is 0 Å². The Morgan fingerprint density at radius 1 is 0.931 bits per heavy atom. The monoisotopic (exact) mass is 388 g/mol. The minimum absolute atomic E-state index is 0.142. The molecule has 0 aliphatic carbocycles. The molecular formula is C23H24N4O2. The lowest BCUT2D eigenvalue weighted by molar-refractivity contribution is -0.114. The minimum Gasteiger partial charge on any atom is -0.342 e. The van der Waals surface area contributed by atoms with Gasteiger partial charge in [0.15, 0.2) is 0 Å². The summed E-state index contributed by atoms with van der Waals surface area (Å²) in [4.78, 5) is 30.1. The molecule has 2 amide bonds. The van der Waals surface area contributed by atoms with E-state index < -0.39 is 0 Å². The van der Waals surface area contributed by atoms with Crippen LogP contribution in [0.15, 0.2) is 66.9 Å². The Bertz CT molecular complexity index is 1020. The highest BCUT2D eigenvalue weighted by Crippen LogP contribution is 2.26. The third kappa shape index (κ3) is 5.19. The van der Waals surface area contributed by atoms with Crippen LogP contribution in [0, 0.1) is 6.92 Å². The molecule has 6 nitrogen and oxygen atoms in total. The number of aryl methyl sites for hydroxylation is 1. The lowest BCUT2D eigenvalue weighted by atomic mass is 10.2. The van der Waals surface area contributed by atoms with Gasteiger partial charge in [-0.25, -0.2) is 0 Å². The molecule has 1 heterocycles. The Balaban J connectivity index is 1.77. The smallest absolute Gasteiger partial charge is 0.274 e. The number of amides is 2. The average Bonchev–Trinajstić information content (AvgIpc) is 2.70. The largest absolute Gasteiger partial charge is 0.342 e. The van der Waals surface area contributed by atoms with Gasteiger partial charge < -0.3 is 15.5 Å². The van der Waals surface area contributed by atoms with E-state index in [0.29, 0.717) is 17.1 Å². The number of rotatable bonds is 6. The van der Waals surface area contributed by atoms with Crippen molar-refractivity contribution in [2.75, 3.05) is 22.1 Å². The maximum Gasteiger partial charge on any atom is 0.274 e. The molecule has 0 radical (unpaired) electrons. The number of aromatic nitrogens is 1. The zero-order chi connectivity index (χ0) is 20.8. The van der Waals surface area contributed by atoms with Gasteiger partial charge in [-0.3, -0.25) is 14.6 Å². The van der Waals surface area contributed by atoms with E-state index in [9.17, 15) is 9.59 Å². The molecular weight excluding hydrogens is 364 g/mol. The molecule has 0 bridgehead atoms. The number of nitrogens with zero attached hydrogens (tertiary/aromatic N) is 2. The number of hydrogen-bond acceptors (Lipinski definition) is 4. The predicted octanol–water partition coefficient (Wildman–Crippen LogP) is 4.76. The Kier molecular flexibility index (Phi) is 6.24. The van der Waals surface area contributed by atoms with Gasteiger partial charge in [-0.1, -0.05) is 12.1 Å². The topological polar surface area (TPSA) is 74.3 Å². The molecule has 2 aromatic carbocycles. The molecule has 0 aliphatic rings. The van der Waals surface area contributed by atoms with Gasteiger partial charge in [0.25, 0.3) is 5.91 Å². The van der Waals surface area contributed by atoms with Crippen LogP contribution in [0.3, 0.4) is 0 Å². The number of nitrogens with one attached hydrogen (secondary N) is 2. The van der Waals surface area contributed by atoms with E-state index in [1.165, 1.54) is 12.5 Å². The van der Waals surface area contributed by atoms with Gasteiger partial charge in [0.1, 0.15) is 5.69 Å². The van der Waals surface area contributed by atoms with Crippen LogP contribution in [0.5, 0.6) is 0 Å². The Morgan fingerprint density at radius 2 is 1.59 bits per heavy atom. The van der Waals surface area contributed by atoms with Crippen LogP contribution >= 0.6 is 0 Å². The fourth-order valence-corrected chi connectivity index (χ4v) is 3.06. The second-order valence-corrected chi connectivity index (χ2v) is 6.70. The molecule has 0 saturated heterocycles. The van der Waals surface area contributed by atoms with Crippen LogP contribution in [0.2, 0.25) is 0 Å². The summed E-state index contributed by atoms with van der Waals surface area (Å²) in [5.74, 6) is -0.434. The summed E-state index contributed by atoms with van der Waals surface area (Å²) in [5, 5.41) is 5.53. The van der Waals surface area contributed by atoms with E-state index in [1.807, 2.05) is 18.2 Å². The van der Waals surface area contributed by atoms with Crippen LogP contribution in [-0.2, 0) is 4.79 Å². The number of carbonyl (C=O) groups excluding carboxylic acids is 2. The summed E-state index contributed by atoms with van der Waals surface area (Å²) in [5.41, 5.74) is 4.78. The first-order valence-electron chi connectivity index (χ1n) is 9.45. The Labute approximate surface area is 170 Å². The van der Waals surface area contributed by atoms with Gasteiger partial charge in [0, 0.05) is 42.4 Å². The molecule has 0 spiro atoms. The predicted molar refractivity (Wildman–Crippen MR) is 117 cm³/mol. The fourth-order valence-electron chi connectivity index (χ4n) is 3.06. The molecule has 29 heavy (non-hydrogen) atoms. The molecule has 3 aromatic rings. The van der Waals surface area contributed by atoms with Gasteiger partial charge in [0.05, 0.1) is 0 Å². The zero-order valence-corrected chi connectivity index (χ0v) is 16.8. The molecule has 1 aromatic heterocycles. The summed E-state index contributed by atoms with van der Waals surface area (Å²) < 4.78 is 0. The maximum atomic E-state index is 12.7. The van der Waals surface area contributed by atoms with Crippen LogP contribution in [-0.4, -0.2) is 23.3 Å². The van der Waals surface area contributed by atoms with Gasteiger partial charge in [0.2, 0.25) is 5.91 Å². The molecule has 2 N–H and O–H groups in total. The molecule has 148 valence electrons. The lowest BCUT2D eigenvalue weighted by Crippen LogP contribution is -2.18. The summed E-state index contributed by atoms with van der Waals surface area (Å²) in [6, 6.07) is 18.9. The van der Waals surface area contributed by atoms with E-state index in [0.717, 1.165) is 17.9 Å². The van der Waals surface area contributed by atoms with E-state index in [4.69, 9.17) is 0 Å². The highest BCUT2D eigenvalue weighted by atomic mass is 16.2. The van der Waals surface area contributed by atoms with Crippen LogP contribution in [0.1, 0.15) is 29.9 Å². The fraction of sp³-hybridized carbons (Fsp3) is 0.174. The van der Waals surface area contributed by atoms with E-state index >= 15 is 0 Å². The Hall–Kier alpha value is -3.67. The second kappa shape index (κ2) is 9.01. The molecule has 3 rings (SSSR count). The second-order valence-electron chi connectivity index (χ2n) is 6.70. The van der Waals surface area contributed by atoms with E-state index in [1.54, 1.807) is 36.5 Å². The van der Waals surface area contributed by atoms with Crippen molar-refractivity contribution < 1.29 is 9.59 Å². The average molecular weight is 388 g/mol. The molecule has 6 heteroatoms. The van der Waals surface area contributed by atoms with E-state index in [2.05, 4.69) is 46.5 Å². The van der Waals surface area contributed by atoms with Crippen molar-refractivity contribution in [1.29, 1.82) is 0 Å². The Morgan fingerprint density at radius 3 is 2.21 bits per heavy atom. The highest BCUT2D eigenvalue weighted by Gasteiger charge is 2.13. The molecule has 0 unspecified atom stereocenters. The van der Waals surface area contributed by atoms with Crippen LogP contribution in [0.4, 0.5) is 22.7 Å². The van der Waals surface area contributed by atoms with Crippen LogP contribution < -0.4 is 15.5 Å². The summed E-state index contributed by atoms with van der Waals surface area (Å²) in [7, 11) is 0. The van der Waals surface area contributed by atoms with Crippen molar-refractivity contribution in [2.24, 2.45) is 0 Å². The van der Waals surface area contributed by atoms with Crippen molar-refractivity contribution in [3.63, 3.8) is 0 Å². The zero-order valence-electron chi connectivity index (χ0n) is 16.8. The lowest BCUT2D eigenvalue weighted by Gasteiger charge is -2.24. The maximum absolute atomic E-state index is 12.7. The van der Waals surface area contributed by atoms with Crippen molar-refractivity contribution in [3.8, 4) is 0 Å². The minimum atomic E-state index is -0.292. The third-order valence-corrected chi connectivity index (χ3v) is 4.38. The highest BCUT2D eigenvalue weighted by molar-refractivity contribution is 6.03. The first-order chi connectivity index (χ1) is 14.0. The number of carbonyl (C=O) groups is 2. The van der Waals surface area contributed by atoms with Gasteiger partial charge in [-0.05, 0) is 67.9 Å². The summed E-state index contributed by atoms with van der Waals surface area (Å²) >= 11 is 0. The van der Waals surface area contributed by atoms with Crippen LogP contribution in [0.25, 0.3) is 0 Å². The van der Waals surface area contributed by atoms with E-state index in [-0.39, 0.29) is 11.8 Å². The molecule has 0 fully saturated rings. The number of anilines is 4. The number of hydrogen-bond donors (Lipinski definition) is 2. The van der Waals surface area contributed by atoms with Gasteiger partial charge in [-0.15, -0.1) is 0 Å².